The minimum absolute atomic E-state index is 0.118. The van der Waals surface area contributed by atoms with E-state index < -0.39 is 5.25 Å². The highest BCUT2D eigenvalue weighted by Gasteiger charge is 2.23. The first-order valence-corrected chi connectivity index (χ1v) is 10.9. The highest BCUT2D eigenvalue weighted by molar-refractivity contribution is 8.00. The van der Waals surface area contributed by atoms with E-state index in [0.29, 0.717) is 34.0 Å². The Morgan fingerprint density at radius 1 is 1.38 bits per heavy atom. The van der Waals surface area contributed by atoms with Crippen LogP contribution in [0.15, 0.2) is 46.9 Å². The van der Waals surface area contributed by atoms with Crippen molar-refractivity contribution in [2.75, 3.05) is 5.32 Å². The van der Waals surface area contributed by atoms with Crippen molar-refractivity contribution in [1.82, 2.24) is 9.55 Å². The molecule has 1 aromatic carbocycles. The third-order valence-electron chi connectivity index (χ3n) is 4.59. The molecule has 0 radical (unpaired) electrons. The maximum absolute atomic E-state index is 13.1. The van der Waals surface area contributed by atoms with Gasteiger partial charge in [0.1, 0.15) is 10.6 Å². The summed E-state index contributed by atoms with van der Waals surface area (Å²) in [6.07, 6.45) is 2.19. The van der Waals surface area contributed by atoms with E-state index in [4.69, 9.17) is 4.98 Å². The quantitative estimate of drug-likeness (QED) is 0.328. The SMILES string of the molecule is C=CCn1c(SC(CC)C(=O)Nc2ccc(F)cc2)nc2sc(C)c(C)c2c1=O. The largest absolute Gasteiger partial charge is 0.325 e. The number of carbonyl (C=O) groups is 1. The molecule has 0 spiro atoms. The van der Waals surface area contributed by atoms with E-state index in [1.165, 1.54) is 47.4 Å². The van der Waals surface area contributed by atoms with E-state index in [9.17, 15) is 14.0 Å². The lowest BCUT2D eigenvalue weighted by atomic mass is 10.2. The number of nitrogens with zero attached hydrogens (tertiary/aromatic N) is 2. The van der Waals surface area contributed by atoms with Crippen molar-refractivity contribution in [2.24, 2.45) is 0 Å². The van der Waals surface area contributed by atoms with Gasteiger partial charge in [0.25, 0.3) is 5.56 Å². The standard InChI is InChI=1S/C21H22FN3O2S2/c1-5-11-25-20(27)17-12(3)13(4)28-19(17)24-21(25)29-16(6-2)18(26)23-15-9-7-14(22)8-10-15/h5,7-10,16H,1,6,11H2,2-4H3,(H,23,26). The summed E-state index contributed by atoms with van der Waals surface area (Å²) in [4.78, 5) is 32.2. The number of aryl methyl sites for hydroxylation is 2. The number of benzene rings is 1. The van der Waals surface area contributed by atoms with Gasteiger partial charge >= 0.3 is 0 Å². The summed E-state index contributed by atoms with van der Waals surface area (Å²) in [7, 11) is 0. The number of allylic oxidation sites excluding steroid dienone is 1. The van der Waals surface area contributed by atoms with Gasteiger partial charge in [-0.15, -0.1) is 17.9 Å². The van der Waals surface area contributed by atoms with Crippen LogP contribution in [0.4, 0.5) is 10.1 Å². The highest BCUT2D eigenvalue weighted by Crippen LogP contribution is 2.30. The first-order chi connectivity index (χ1) is 13.8. The summed E-state index contributed by atoms with van der Waals surface area (Å²) in [5.41, 5.74) is 1.35. The van der Waals surface area contributed by atoms with Crippen LogP contribution in [0.25, 0.3) is 10.2 Å². The minimum Gasteiger partial charge on any atom is -0.325 e. The third kappa shape index (κ3) is 4.43. The molecular weight excluding hydrogens is 409 g/mol. The Hall–Kier alpha value is -2.45. The van der Waals surface area contributed by atoms with Crippen LogP contribution in [-0.2, 0) is 11.3 Å². The summed E-state index contributed by atoms with van der Waals surface area (Å²) in [5.74, 6) is -0.584. The van der Waals surface area contributed by atoms with Crippen LogP contribution in [0.2, 0.25) is 0 Å². The van der Waals surface area contributed by atoms with Gasteiger partial charge in [-0.3, -0.25) is 14.2 Å². The zero-order chi connectivity index (χ0) is 21.1. The molecule has 8 heteroatoms. The summed E-state index contributed by atoms with van der Waals surface area (Å²) in [5, 5.41) is 3.46. The normalized spacial score (nSPS) is 12.1. The molecule has 3 rings (SSSR count). The van der Waals surface area contributed by atoms with Crippen LogP contribution in [0.5, 0.6) is 0 Å². The molecule has 0 saturated heterocycles. The molecular formula is C21H22FN3O2S2. The van der Waals surface area contributed by atoms with Gasteiger partial charge in [-0.2, -0.15) is 0 Å². The molecule has 0 aliphatic heterocycles. The van der Waals surface area contributed by atoms with Crippen LogP contribution >= 0.6 is 23.1 Å². The Balaban J connectivity index is 1.94. The van der Waals surface area contributed by atoms with E-state index in [2.05, 4.69) is 11.9 Å². The molecule has 0 bridgehead atoms. The van der Waals surface area contributed by atoms with Crippen LogP contribution in [-0.4, -0.2) is 20.7 Å². The van der Waals surface area contributed by atoms with Gasteiger partial charge in [0.15, 0.2) is 5.16 Å². The molecule has 0 aliphatic carbocycles. The third-order valence-corrected chi connectivity index (χ3v) is 7.04. The molecule has 2 aromatic heterocycles. The predicted octanol–water partition coefficient (Wildman–Crippen LogP) is 4.91. The van der Waals surface area contributed by atoms with Crippen LogP contribution in [0.1, 0.15) is 23.8 Å². The Bertz CT molecular complexity index is 1120. The monoisotopic (exact) mass is 431 g/mol. The Kier molecular flexibility index (Phi) is 6.54. The average molecular weight is 432 g/mol. The van der Waals surface area contributed by atoms with E-state index >= 15 is 0 Å². The fraction of sp³-hybridized carbons (Fsp3) is 0.286. The second-order valence-corrected chi connectivity index (χ2v) is 8.95. The van der Waals surface area contributed by atoms with Crippen molar-refractivity contribution in [3.05, 3.63) is 63.5 Å². The number of rotatable bonds is 7. The fourth-order valence-corrected chi connectivity index (χ4v) is 4.99. The number of thioether (sulfide) groups is 1. The van der Waals surface area contributed by atoms with Gasteiger partial charge in [0.2, 0.25) is 5.91 Å². The lowest BCUT2D eigenvalue weighted by molar-refractivity contribution is -0.115. The number of fused-ring (bicyclic) bond motifs is 1. The van der Waals surface area contributed by atoms with E-state index in [1.54, 1.807) is 10.6 Å². The molecule has 29 heavy (non-hydrogen) atoms. The molecule has 3 aromatic rings. The summed E-state index contributed by atoms with van der Waals surface area (Å²) >= 11 is 2.74. The van der Waals surface area contributed by atoms with Crippen LogP contribution in [0, 0.1) is 19.7 Å². The number of aromatic nitrogens is 2. The molecule has 1 atom stereocenters. The lowest BCUT2D eigenvalue weighted by Crippen LogP contribution is -2.28. The first kappa shape index (κ1) is 21.3. The minimum atomic E-state index is -0.456. The Morgan fingerprint density at radius 3 is 2.69 bits per heavy atom. The fourth-order valence-electron chi connectivity index (χ4n) is 2.89. The zero-order valence-corrected chi connectivity index (χ0v) is 18.1. The van der Waals surface area contributed by atoms with E-state index in [-0.39, 0.29) is 17.3 Å². The summed E-state index contributed by atoms with van der Waals surface area (Å²) < 4.78 is 14.6. The van der Waals surface area contributed by atoms with Gasteiger partial charge in [-0.25, -0.2) is 9.37 Å². The summed E-state index contributed by atoms with van der Waals surface area (Å²) in [6, 6.07) is 5.62. The zero-order valence-electron chi connectivity index (χ0n) is 16.5. The van der Waals surface area contributed by atoms with Crippen molar-refractivity contribution in [2.45, 2.75) is 44.1 Å². The molecule has 0 saturated carbocycles. The Morgan fingerprint density at radius 2 is 2.07 bits per heavy atom. The second-order valence-electron chi connectivity index (χ2n) is 6.57. The van der Waals surface area contributed by atoms with Gasteiger partial charge in [0, 0.05) is 17.1 Å². The number of nitrogens with one attached hydrogen (secondary N) is 1. The molecule has 152 valence electrons. The van der Waals surface area contributed by atoms with Crippen molar-refractivity contribution >= 4 is 44.9 Å². The van der Waals surface area contributed by atoms with Gasteiger partial charge < -0.3 is 5.32 Å². The molecule has 1 unspecified atom stereocenters. The van der Waals surface area contributed by atoms with Crippen LogP contribution < -0.4 is 10.9 Å². The highest BCUT2D eigenvalue weighted by atomic mass is 32.2. The van der Waals surface area contributed by atoms with Crippen molar-refractivity contribution in [3.8, 4) is 0 Å². The van der Waals surface area contributed by atoms with Crippen molar-refractivity contribution in [1.29, 1.82) is 0 Å². The topological polar surface area (TPSA) is 64.0 Å². The predicted molar refractivity (Wildman–Crippen MR) is 119 cm³/mol. The number of thiophene rings is 1. The number of hydrogen-bond acceptors (Lipinski definition) is 5. The number of carbonyl (C=O) groups excluding carboxylic acids is 1. The van der Waals surface area contributed by atoms with Gasteiger partial charge in [0.05, 0.1) is 10.6 Å². The number of halogens is 1. The maximum atomic E-state index is 13.1. The second kappa shape index (κ2) is 8.92. The molecule has 0 fully saturated rings. The van der Waals surface area contributed by atoms with E-state index in [1.807, 2.05) is 20.8 Å². The maximum Gasteiger partial charge on any atom is 0.263 e. The lowest BCUT2D eigenvalue weighted by Gasteiger charge is -2.17. The van der Waals surface area contributed by atoms with Crippen molar-refractivity contribution < 1.29 is 9.18 Å². The first-order valence-electron chi connectivity index (χ1n) is 9.20. The van der Waals surface area contributed by atoms with E-state index in [0.717, 1.165) is 10.4 Å². The van der Waals surface area contributed by atoms with Gasteiger partial charge in [-0.05, 0) is 50.1 Å². The van der Waals surface area contributed by atoms with Crippen LogP contribution in [0.3, 0.4) is 0 Å². The van der Waals surface area contributed by atoms with Crippen molar-refractivity contribution in [3.63, 3.8) is 0 Å². The molecule has 0 aliphatic rings. The molecule has 5 nitrogen and oxygen atoms in total. The molecule has 2 heterocycles. The number of hydrogen-bond donors (Lipinski definition) is 1. The Labute approximate surface area is 176 Å². The average Bonchev–Trinajstić information content (AvgIpc) is 2.98. The smallest absolute Gasteiger partial charge is 0.263 e. The number of anilines is 1. The number of amides is 1. The molecule has 1 amide bonds. The molecule has 1 N–H and O–H groups in total. The summed E-state index contributed by atoms with van der Waals surface area (Å²) in [6.45, 7) is 9.84. The van der Waals surface area contributed by atoms with Gasteiger partial charge in [-0.1, -0.05) is 24.8 Å².